The molecule has 44 heavy (non-hydrogen) atoms. The topological polar surface area (TPSA) is 147 Å². The number of thiazole rings is 1. The predicted molar refractivity (Wildman–Crippen MR) is 165 cm³/mol. The number of hydrogen-bond acceptors (Lipinski definition) is 10. The molecule has 13 heteroatoms. The lowest BCUT2D eigenvalue weighted by molar-refractivity contribution is -0.122. The molecule has 0 saturated carbocycles. The molecule has 2 aliphatic rings. The quantitative estimate of drug-likeness (QED) is 0.181. The summed E-state index contributed by atoms with van der Waals surface area (Å²) in [4.78, 5) is 57.1. The number of nitrogens with one attached hydrogen (secondary N) is 2. The summed E-state index contributed by atoms with van der Waals surface area (Å²) in [5, 5.41) is 12.0. The number of carbonyl (C=O) groups excluding carboxylic acids is 3. The maximum atomic E-state index is 14.0. The average Bonchev–Trinajstić information content (AvgIpc) is 3.51. The SMILES string of the molecule is CCOc1cc([C@@H]2c3sc(=O)[nH]c3S[C@H]3C(=O)N(c4ccc(OC)cc4)C(=O)[C@@H]23)ccc1OCC(=O)Nc1ccc(O)cc1. The van der Waals surface area contributed by atoms with Gasteiger partial charge in [-0.3, -0.25) is 19.2 Å². The van der Waals surface area contributed by atoms with Gasteiger partial charge in [-0.15, -0.1) is 0 Å². The summed E-state index contributed by atoms with van der Waals surface area (Å²) in [6.07, 6.45) is 0. The minimum atomic E-state index is -0.772. The molecule has 3 N–H and O–H groups in total. The molecule has 0 radical (unpaired) electrons. The molecular formula is C31H27N3O8S2. The van der Waals surface area contributed by atoms with Crippen LogP contribution in [0.15, 0.2) is 76.6 Å². The van der Waals surface area contributed by atoms with Gasteiger partial charge in [-0.25, -0.2) is 4.90 Å². The highest BCUT2D eigenvalue weighted by molar-refractivity contribution is 8.00. The van der Waals surface area contributed by atoms with E-state index in [0.29, 0.717) is 50.7 Å². The zero-order chi connectivity index (χ0) is 31.0. The molecule has 3 atom stereocenters. The first-order valence-electron chi connectivity index (χ1n) is 13.7. The number of aromatic amines is 1. The smallest absolute Gasteiger partial charge is 0.305 e. The number of H-pyrrole nitrogens is 1. The fourth-order valence-electron chi connectivity index (χ4n) is 5.35. The Morgan fingerprint density at radius 2 is 1.73 bits per heavy atom. The summed E-state index contributed by atoms with van der Waals surface area (Å²) < 4.78 is 16.9. The first-order valence-corrected chi connectivity index (χ1v) is 15.4. The fourth-order valence-corrected chi connectivity index (χ4v) is 7.87. The summed E-state index contributed by atoms with van der Waals surface area (Å²) in [5.74, 6) is -1.16. The predicted octanol–water partition coefficient (Wildman–Crippen LogP) is 4.36. The Balaban J connectivity index is 1.30. The number of carbonyl (C=O) groups is 3. The molecule has 1 aromatic heterocycles. The van der Waals surface area contributed by atoms with Crippen LogP contribution >= 0.6 is 23.1 Å². The molecule has 0 unspecified atom stereocenters. The van der Waals surface area contributed by atoms with Gasteiger partial charge < -0.3 is 29.6 Å². The second-order valence-electron chi connectivity index (χ2n) is 9.98. The summed E-state index contributed by atoms with van der Waals surface area (Å²) in [6.45, 7) is 1.80. The maximum Gasteiger partial charge on any atom is 0.305 e. The van der Waals surface area contributed by atoms with Gasteiger partial charge in [0.15, 0.2) is 18.1 Å². The lowest BCUT2D eigenvalue weighted by Gasteiger charge is -2.30. The van der Waals surface area contributed by atoms with Gasteiger partial charge in [0.25, 0.3) is 5.91 Å². The van der Waals surface area contributed by atoms with Crippen LogP contribution in [0.2, 0.25) is 0 Å². The number of benzene rings is 3. The normalized spacial score (nSPS) is 18.9. The van der Waals surface area contributed by atoms with E-state index >= 15 is 0 Å². The Labute approximate surface area is 259 Å². The van der Waals surface area contributed by atoms with Crippen LogP contribution < -0.4 is 29.3 Å². The number of nitrogens with zero attached hydrogens (tertiary/aromatic N) is 1. The number of aromatic hydroxyl groups is 1. The van der Waals surface area contributed by atoms with Crippen molar-refractivity contribution < 1.29 is 33.7 Å². The van der Waals surface area contributed by atoms with Crippen molar-refractivity contribution in [3.05, 3.63) is 86.8 Å². The summed E-state index contributed by atoms with van der Waals surface area (Å²) in [5.41, 5.74) is 1.61. The third-order valence-corrected chi connectivity index (χ3v) is 9.69. The number of anilines is 2. The molecular weight excluding hydrogens is 606 g/mol. The van der Waals surface area contributed by atoms with Crippen molar-refractivity contribution >= 4 is 52.2 Å². The van der Waals surface area contributed by atoms with Crippen molar-refractivity contribution in [2.75, 3.05) is 30.5 Å². The van der Waals surface area contributed by atoms with Crippen molar-refractivity contribution in [1.29, 1.82) is 0 Å². The molecule has 1 fully saturated rings. The number of phenolic OH excluding ortho intramolecular Hbond substituents is 1. The van der Waals surface area contributed by atoms with Gasteiger partial charge in [0, 0.05) is 16.5 Å². The number of imide groups is 1. The number of phenols is 1. The van der Waals surface area contributed by atoms with Crippen LogP contribution in [0.1, 0.15) is 23.3 Å². The van der Waals surface area contributed by atoms with E-state index in [1.165, 1.54) is 35.9 Å². The van der Waals surface area contributed by atoms with Crippen LogP contribution in [0.4, 0.5) is 11.4 Å². The molecule has 0 aliphatic carbocycles. The van der Waals surface area contributed by atoms with Crippen LogP contribution in [-0.4, -0.2) is 53.4 Å². The third kappa shape index (κ3) is 5.51. The Morgan fingerprint density at radius 3 is 2.43 bits per heavy atom. The van der Waals surface area contributed by atoms with E-state index in [9.17, 15) is 24.3 Å². The van der Waals surface area contributed by atoms with E-state index < -0.39 is 23.0 Å². The molecule has 6 rings (SSSR count). The van der Waals surface area contributed by atoms with E-state index in [1.807, 2.05) is 6.92 Å². The fraction of sp³-hybridized carbons (Fsp3) is 0.226. The summed E-state index contributed by atoms with van der Waals surface area (Å²) >= 11 is 2.21. The maximum absolute atomic E-state index is 14.0. The van der Waals surface area contributed by atoms with Crippen molar-refractivity contribution in [2.24, 2.45) is 5.92 Å². The lowest BCUT2D eigenvalue weighted by Crippen LogP contribution is -2.32. The second-order valence-corrected chi connectivity index (χ2v) is 12.1. The van der Waals surface area contributed by atoms with Gasteiger partial charge in [0.2, 0.25) is 11.8 Å². The first kappa shape index (κ1) is 29.3. The van der Waals surface area contributed by atoms with Gasteiger partial charge in [-0.2, -0.15) is 0 Å². The van der Waals surface area contributed by atoms with Crippen LogP contribution in [0.3, 0.4) is 0 Å². The number of rotatable bonds is 9. The van der Waals surface area contributed by atoms with Crippen LogP contribution in [-0.2, 0) is 14.4 Å². The van der Waals surface area contributed by atoms with Crippen LogP contribution in [0.5, 0.6) is 23.0 Å². The average molecular weight is 634 g/mol. The number of amides is 3. The van der Waals surface area contributed by atoms with Crippen LogP contribution in [0.25, 0.3) is 0 Å². The number of ether oxygens (including phenoxy) is 3. The lowest BCUT2D eigenvalue weighted by atomic mass is 9.83. The Bertz CT molecular complexity index is 1780. The Hall–Kier alpha value is -4.75. The molecule has 2 aliphatic heterocycles. The number of aromatic nitrogens is 1. The number of methoxy groups -OCH3 is 1. The highest BCUT2D eigenvalue weighted by Gasteiger charge is 2.56. The molecule has 3 amide bonds. The standard InChI is InChI=1S/C31H27N3O8S2/c1-3-41-22-14-16(4-13-21(22)42-15-23(36)32-17-5-9-19(35)10-6-17)24-25-27(43-28-26(24)44-31(39)33-28)30(38)34(29(25)37)18-7-11-20(40-2)12-8-18/h4-14,24-25,27,35H,3,15H2,1-2H3,(H,32,36)(H,33,39)/t24-,25-,27+/m0/s1. The molecule has 0 spiro atoms. The van der Waals surface area contributed by atoms with Crippen molar-refractivity contribution in [3.63, 3.8) is 0 Å². The van der Waals surface area contributed by atoms with E-state index in [1.54, 1.807) is 54.6 Å². The molecule has 3 aromatic carbocycles. The number of fused-ring (bicyclic) bond motifs is 2. The number of thioether (sulfide) groups is 1. The van der Waals surface area contributed by atoms with E-state index in [0.717, 1.165) is 11.3 Å². The minimum Gasteiger partial charge on any atom is -0.508 e. The van der Waals surface area contributed by atoms with Crippen molar-refractivity contribution in [1.82, 2.24) is 4.98 Å². The molecule has 226 valence electrons. The second kappa shape index (κ2) is 12.1. The van der Waals surface area contributed by atoms with Gasteiger partial charge in [-0.1, -0.05) is 29.2 Å². The van der Waals surface area contributed by atoms with E-state index in [-0.39, 0.29) is 29.0 Å². The molecule has 4 aromatic rings. The zero-order valence-electron chi connectivity index (χ0n) is 23.6. The molecule has 1 saturated heterocycles. The minimum absolute atomic E-state index is 0.0831. The highest BCUT2D eigenvalue weighted by atomic mass is 32.2. The van der Waals surface area contributed by atoms with Crippen molar-refractivity contribution in [3.8, 4) is 23.0 Å². The van der Waals surface area contributed by atoms with Gasteiger partial charge in [0.1, 0.15) is 16.7 Å². The van der Waals surface area contributed by atoms with Crippen molar-refractivity contribution in [2.45, 2.75) is 23.1 Å². The summed E-state index contributed by atoms with van der Waals surface area (Å²) in [7, 11) is 1.54. The van der Waals surface area contributed by atoms with E-state index in [4.69, 9.17) is 14.2 Å². The first-order chi connectivity index (χ1) is 21.3. The largest absolute Gasteiger partial charge is 0.508 e. The summed E-state index contributed by atoms with van der Waals surface area (Å²) in [6, 6.07) is 17.9. The van der Waals surface area contributed by atoms with Gasteiger partial charge in [0.05, 0.1) is 30.3 Å². The Morgan fingerprint density at radius 1 is 0.977 bits per heavy atom. The van der Waals surface area contributed by atoms with Crippen LogP contribution in [0, 0.1) is 5.92 Å². The zero-order valence-corrected chi connectivity index (χ0v) is 25.2. The third-order valence-electron chi connectivity index (χ3n) is 7.29. The molecule has 11 nitrogen and oxygen atoms in total. The van der Waals surface area contributed by atoms with Gasteiger partial charge in [-0.05, 0) is 73.2 Å². The monoisotopic (exact) mass is 633 g/mol. The number of hydrogen-bond donors (Lipinski definition) is 3. The highest BCUT2D eigenvalue weighted by Crippen LogP contribution is 2.53. The van der Waals surface area contributed by atoms with Gasteiger partial charge >= 0.3 is 4.87 Å². The van der Waals surface area contributed by atoms with E-state index in [2.05, 4.69) is 10.3 Å². The Kier molecular flexibility index (Phi) is 8.06. The molecule has 0 bridgehead atoms. The molecule has 3 heterocycles.